The molecule has 0 unspecified atom stereocenters. The van der Waals surface area contributed by atoms with E-state index in [1.807, 2.05) is 0 Å². The number of amides is 1. The van der Waals surface area contributed by atoms with Crippen molar-refractivity contribution in [2.24, 2.45) is 0 Å². The van der Waals surface area contributed by atoms with Crippen molar-refractivity contribution < 1.29 is 36.6 Å². The van der Waals surface area contributed by atoms with Crippen molar-refractivity contribution >= 4 is 23.2 Å². The highest BCUT2D eigenvalue weighted by Crippen LogP contribution is 2.39. The molecule has 1 N–H and O–H groups in total. The Bertz CT molecular complexity index is 973. The van der Waals surface area contributed by atoms with E-state index in [1.165, 1.54) is 0 Å². The van der Waals surface area contributed by atoms with E-state index in [1.54, 1.807) is 21.0 Å². The summed E-state index contributed by atoms with van der Waals surface area (Å²) in [6.07, 6.45) is -4.81. The van der Waals surface area contributed by atoms with Crippen LogP contribution in [-0.2, 0) is 6.18 Å². The van der Waals surface area contributed by atoms with Crippen LogP contribution >= 0.6 is 11.6 Å². The summed E-state index contributed by atoms with van der Waals surface area (Å²) in [5, 5.41) is 10.6. The van der Waals surface area contributed by atoms with Crippen LogP contribution < -0.4 is 10.2 Å². The van der Waals surface area contributed by atoms with Crippen LogP contribution in [0.5, 0.6) is 11.5 Å². The molecule has 0 aliphatic rings. The zero-order valence-electron chi connectivity index (χ0n) is 16.0. The predicted octanol–water partition coefficient (Wildman–Crippen LogP) is 4.94. The Kier molecular flexibility index (Phi) is 6.57. The van der Waals surface area contributed by atoms with Gasteiger partial charge in [0.2, 0.25) is 0 Å². The number of quaternary nitrogens is 1. The van der Waals surface area contributed by atoms with Gasteiger partial charge in [0, 0.05) is 12.1 Å². The van der Waals surface area contributed by atoms with Gasteiger partial charge in [-0.1, -0.05) is 11.6 Å². The molecule has 2 aromatic carbocycles. The topological polar surface area (TPSA) is 81.5 Å². The van der Waals surface area contributed by atoms with Crippen LogP contribution in [0.4, 0.5) is 23.2 Å². The molecule has 0 heterocycles. The first-order valence-corrected chi connectivity index (χ1v) is 8.81. The Morgan fingerprint density at radius 3 is 2.40 bits per heavy atom. The molecule has 0 saturated carbocycles. The molecule has 162 valence electrons. The monoisotopic (exact) mass is 450 g/mol. The van der Waals surface area contributed by atoms with Crippen molar-refractivity contribution in [1.29, 1.82) is 0 Å². The number of nitrogens with one attached hydrogen (secondary N) is 1. The fourth-order valence-electron chi connectivity index (χ4n) is 2.27. The van der Waals surface area contributed by atoms with Gasteiger partial charge in [-0.15, -0.1) is 0 Å². The smallest absolute Gasteiger partial charge is 0.416 e. The fourth-order valence-corrected chi connectivity index (χ4v) is 2.52. The molecule has 0 saturated heterocycles. The van der Waals surface area contributed by atoms with Crippen LogP contribution in [0.2, 0.25) is 5.02 Å². The number of benzene rings is 2. The molecule has 0 aliphatic carbocycles. The number of carbonyl (C=O) groups excluding carboxylic acids is 1. The van der Waals surface area contributed by atoms with Gasteiger partial charge in [0.05, 0.1) is 36.1 Å². The number of ether oxygens (including phenoxy) is 1. The van der Waals surface area contributed by atoms with Gasteiger partial charge >= 0.3 is 12.1 Å². The number of hydrogen-bond donors (Lipinski definition) is 1. The zero-order valence-corrected chi connectivity index (χ0v) is 16.8. The summed E-state index contributed by atoms with van der Waals surface area (Å²) in [5.41, 5.74) is 0.357. The molecule has 1 amide bonds. The van der Waals surface area contributed by atoms with Gasteiger partial charge in [-0.05, 0) is 25.1 Å². The summed E-state index contributed by atoms with van der Waals surface area (Å²) < 4.78 is 57.7. The van der Waals surface area contributed by atoms with Crippen LogP contribution in [0.15, 0.2) is 30.3 Å². The number of carbonyl (C=O) groups is 1. The molecule has 0 atom stereocenters. The summed E-state index contributed by atoms with van der Waals surface area (Å²) in [7, 11) is 3.31. The molecule has 0 aromatic heterocycles. The summed E-state index contributed by atoms with van der Waals surface area (Å²) >= 11 is 5.73. The number of nitro benzene ring substituents is 1. The molecule has 0 aliphatic heterocycles. The van der Waals surface area contributed by atoms with E-state index in [2.05, 4.69) is 5.43 Å². The first-order chi connectivity index (χ1) is 13.7. The quantitative estimate of drug-likeness (QED) is 0.292. The third kappa shape index (κ3) is 5.36. The van der Waals surface area contributed by atoms with Gasteiger partial charge in [0.15, 0.2) is 11.6 Å². The molecule has 0 fully saturated rings. The predicted molar refractivity (Wildman–Crippen MR) is 99.7 cm³/mol. The lowest BCUT2D eigenvalue weighted by atomic mass is 10.1. The molecule has 0 spiro atoms. The van der Waals surface area contributed by atoms with Gasteiger partial charge in [-0.25, -0.2) is 8.98 Å². The molecule has 7 nitrogen and oxygen atoms in total. The maximum atomic E-state index is 14.2. The molecule has 0 bridgehead atoms. The van der Waals surface area contributed by atoms with Crippen molar-refractivity contribution in [2.75, 3.05) is 20.6 Å². The summed E-state index contributed by atoms with van der Waals surface area (Å²) in [5.74, 6) is -3.12. The minimum atomic E-state index is -4.81. The summed E-state index contributed by atoms with van der Waals surface area (Å²) in [6.45, 7) is 2.26. The van der Waals surface area contributed by atoms with Gasteiger partial charge in [0.1, 0.15) is 11.3 Å². The van der Waals surface area contributed by atoms with Crippen LogP contribution in [0, 0.1) is 15.9 Å². The Hall–Kier alpha value is -2.92. The van der Waals surface area contributed by atoms with Crippen LogP contribution in [0.25, 0.3) is 0 Å². The van der Waals surface area contributed by atoms with Gasteiger partial charge in [0.25, 0.3) is 5.69 Å². The number of alkyl halides is 3. The minimum absolute atomic E-state index is 0.0143. The molecule has 0 radical (unpaired) electrons. The minimum Gasteiger partial charge on any atom is -0.453 e. The Morgan fingerprint density at radius 1 is 1.27 bits per heavy atom. The lowest BCUT2D eigenvalue weighted by molar-refractivity contribution is -0.922. The van der Waals surface area contributed by atoms with E-state index in [9.17, 15) is 32.5 Å². The third-order valence-corrected chi connectivity index (χ3v) is 4.43. The average molecular weight is 451 g/mol. The first kappa shape index (κ1) is 23.4. The molecule has 12 heteroatoms. The first-order valence-electron chi connectivity index (χ1n) is 8.43. The summed E-state index contributed by atoms with van der Waals surface area (Å²) in [6, 6.07) is 3.71. The number of halogens is 5. The maximum Gasteiger partial charge on any atom is 0.416 e. The van der Waals surface area contributed by atoms with Crippen LogP contribution in [0.3, 0.4) is 0 Å². The maximum absolute atomic E-state index is 14.2. The van der Waals surface area contributed by atoms with E-state index in [4.69, 9.17) is 16.3 Å². The van der Waals surface area contributed by atoms with Gasteiger partial charge in [-0.2, -0.15) is 18.6 Å². The molecule has 30 heavy (non-hydrogen) atoms. The van der Waals surface area contributed by atoms with Crippen LogP contribution in [0.1, 0.15) is 22.8 Å². The van der Waals surface area contributed by atoms with Crippen molar-refractivity contribution in [3.63, 3.8) is 0 Å². The van der Waals surface area contributed by atoms with Gasteiger partial charge in [-0.3, -0.25) is 14.9 Å². The largest absolute Gasteiger partial charge is 0.453 e. The number of nitrogens with zero attached hydrogens (tertiary/aromatic N) is 2. The lowest BCUT2D eigenvalue weighted by Gasteiger charge is -2.27. The van der Waals surface area contributed by atoms with E-state index in [-0.39, 0.29) is 22.0 Å². The van der Waals surface area contributed by atoms with E-state index >= 15 is 0 Å². The third-order valence-electron chi connectivity index (χ3n) is 4.15. The zero-order chi connectivity index (χ0) is 22.9. The van der Waals surface area contributed by atoms with Crippen molar-refractivity contribution in [3.05, 3.63) is 62.4 Å². The van der Waals surface area contributed by atoms with Crippen molar-refractivity contribution in [3.8, 4) is 11.5 Å². The standard InChI is InChI=1S/C18H16ClF4N3O4/c1-4-26(2,3)24-17(27)12-9-11(5-6-15(12)25(28)29)30-16-13(19)7-10(8-14(16)20)18(21,22)23/h5-9H,4H2,1-3H3/p+1. The fraction of sp³-hybridized carbons (Fsp3) is 0.278. The van der Waals surface area contributed by atoms with Gasteiger partial charge < -0.3 is 4.74 Å². The lowest BCUT2D eigenvalue weighted by Crippen LogP contribution is -2.54. The summed E-state index contributed by atoms with van der Waals surface area (Å²) in [4.78, 5) is 23.0. The normalized spacial score (nSPS) is 11.9. The highest BCUT2D eigenvalue weighted by molar-refractivity contribution is 6.32. The highest BCUT2D eigenvalue weighted by Gasteiger charge is 2.33. The number of nitro groups is 1. The second-order valence-corrected chi connectivity index (χ2v) is 7.15. The highest BCUT2D eigenvalue weighted by atomic mass is 35.5. The second kappa shape index (κ2) is 8.44. The van der Waals surface area contributed by atoms with E-state index < -0.39 is 44.8 Å². The van der Waals surface area contributed by atoms with E-state index in [0.717, 1.165) is 18.2 Å². The number of hydrogen-bond acceptors (Lipinski definition) is 4. The van der Waals surface area contributed by atoms with Crippen molar-refractivity contribution in [2.45, 2.75) is 13.1 Å². The molecular weight excluding hydrogens is 434 g/mol. The van der Waals surface area contributed by atoms with Crippen molar-refractivity contribution in [1.82, 2.24) is 5.43 Å². The molecule has 2 rings (SSSR count). The van der Waals surface area contributed by atoms with E-state index in [0.29, 0.717) is 12.6 Å². The Labute approximate surface area is 173 Å². The Balaban J connectivity index is 2.45. The SMILES string of the molecule is CC[N+](C)(C)NC(=O)c1cc(Oc2c(F)cc(C(F)(F)F)cc2Cl)ccc1[N+](=O)[O-]. The molecule has 2 aromatic rings. The Morgan fingerprint density at radius 2 is 1.90 bits per heavy atom. The number of rotatable bonds is 6. The van der Waals surface area contributed by atoms with Crippen LogP contribution in [-0.4, -0.2) is 36.1 Å². The molecular formula is C18H17ClF4N3O4+. The second-order valence-electron chi connectivity index (χ2n) is 6.75. The average Bonchev–Trinajstić information content (AvgIpc) is 2.63.